The topological polar surface area (TPSA) is 20.3 Å². The number of nitrogens with zero attached hydrogens (tertiary/aromatic N) is 1. The highest BCUT2D eigenvalue weighted by atomic mass is 16.1. The van der Waals surface area contributed by atoms with Crippen LogP contribution in [-0.4, -0.2) is 25.8 Å². The Morgan fingerprint density at radius 1 is 1.00 bits per heavy atom. The van der Waals surface area contributed by atoms with Gasteiger partial charge in [0.15, 0.2) is 0 Å². The highest BCUT2D eigenvalue weighted by Gasteiger charge is 2.06. The number of carbonyl (C=O) groups is 1. The molecule has 0 N–H and O–H groups in total. The van der Waals surface area contributed by atoms with Crippen molar-refractivity contribution in [1.29, 1.82) is 0 Å². The van der Waals surface area contributed by atoms with Crippen LogP contribution >= 0.6 is 0 Å². The van der Waals surface area contributed by atoms with Crippen molar-refractivity contribution in [2.24, 2.45) is 0 Å². The van der Waals surface area contributed by atoms with Gasteiger partial charge in [-0.25, -0.2) is 0 Å². The van der Waals surface area contributed by atoms with Gasteiger partial charge >= 0.3 is 0 Å². The predicted molar refractivity (Wildman–Crippen MR) is 122 cm³/mol. The van der Waals surface area contributed by atoms with Crippen LogP contribution in [0, 0.1) is 18.8 Å². The van der Waals surface area contributed by atoms with Crippen molar-refractivity contribution in [3.63, 3.8) is 0 Å². The van der Waals surface area contributed by atoms with Gasteiger partial charge in [-0.1, -0.05) is 86.4 Å². The van der Waals surface area contributed by atoms with Gasteiger partial charge in [-0.15, -0.1) is 0 Å². The summed E-state index contributed by atoms with van der Waals surface area (Å²) in [5.41, 5.74) is 5.83. The Hall–Kier alpha value is -3.05. The highest BCUT2D eigenvalue weighted by Crippen LogP contribution is 2.16. The van der Waals surface area contributed by atoms with Crippen LogP contribution in [0.5, 0.6) is 0 Å². The maximum atomic E-state index is 8.00. The lowest BCUT2D eigenvalue weighted by Crippen LogP contribution is -2.14. The summed E-state index contributed by atoms with van der Waals surface area (Å²) in [6.45, 7) is 12.0. The van der Waals surface area contributed by atoms with E-state index in [1.165, 1.54) is 16.8 Å². The standard InChI is InChI=1S/C23H25N.C2H6.CH2O/c1-5-22(17-15-21-13-11-19(2)12-14-21)23(24(3)4)18-16-20-9-7-6-8-10-20;2*1-2/h5-14H,1,16,18H2,2-4H3;1-2H3;1H2/b23-22+;;. The molecule has 0 heterocycles. The van der Waals surface area contributed by atoms with Crippen LogP contribution in [0.3, 0.4) is 0 Å². The Labute approximate surface area is 171 Å². The summed E-state index contributed by atoms with van der Waals surface area (Å²) in [6, 6.07) is 18.8. The fourth-order valence-corrected chi connectivity index (χ4v) is 2.52. The second kappa shape index (κ2) is 15.1. The zero-order valence-electron chi connectivity index (χ0n) is 18.0. The van der Waals surface area contributed by atoms with Gasteiger partial charge < -0.3 is 9.69 Å². The third kappa shape index (κ3) is 9.05. The van der Waals surface area contributed by atoms with Gasteiger partial charge in [0.2, 0.25) is 0 Å². The van der Waals surface area contributed by atoms with E-state index in [0.29, 0.717) is 0 Å². The predicted octanol–water partition coefficient (Wildman–Crippen LogP) is 5.82. The first-order valence-corrected chi connectivity index (χ1v) is 9.54. The van der Waals surface area contributed by atoms with Crippen molar-refractivity contribution < 1.29 is 4.79 Å². The lowest BCUT2D eigenvalue weighted by molar-refractivity contribution is -0.0979. The summed E-state index contributed by atoms with van der Waals surface area (Å²) in [6.07, 6.45) is 3.81. The van der Waals surface area contributed by atoms with Crippen LogP contribution in [-0.2, 0) is 11.2 Å². The lowest BCUT2D eigenvalue weighted by Gasteiger charge is -2.19. The van der Waals surface area contributed by atoms with Gasteiger partial charge in [0.1, 0.15) is 6.79 Å². The van der Waals surface area contributed by atoms with Crippen LogP contribution in [0.2, 0.25) is 0 Å². The molecular formula is C26H33NO. The summed E-state index contributed by atoms with van der Waals surface area (Å²) in [5.74, 6) is 6.54. The Balaban J connectivity index is 0.00000171. The first kappa shape index (κ1) is 24.9. The maximum absolute atomic E-state index is 8.00. The molecule has 0 amide bonds. The molecule has 0 aliphatic carbocycles. The van der Waals surface area contributed by atoms with Crippen molar-refractivity contribution in [2.45, 2.75) is 33.6 Å². The number of hydrogen-bond acceptors (Lipinski definition) is 2. The Bertz CT molecular complexity index is 775. The summed E-state index contributed by atoms with van der Waals surface area (Å²) in [7, 11) is 4.13. The fraction of sp³-hybridized carbons (Fsp3) is 0.269. The molecule has 0 unspecified atom stereocenters. The Kier molecular flexibility index (Phi) is 13.4. The van der Waals surface area contributed by atoms with Crippen molar-refractivity contribution >= 4 is 6.79 Å². The Morgan fingerprint density at radius 2 is 1.57 bits per heavy atom. The molecule has 0 fully saturated rings. The van der Waals surface area contributed by atoms with Crippen LogP contribution < -0.4 is 0 Å². The number of benzene rings is 2. The van der Waals surface area contributed by atoms with E-state index in [4.69, 9.17) is 4.79 Å². The molecule has 0 spiro atoms. The fourth-order valence-electron chi connectivity index (χ4n) is 2.52. The molecule has 2 heteroatoms. The summed E-state index contributed by atoms with van der Waals surface area (Å²) >= 11 is 0. The van der Waals surface area contributed by atoms with Crippen LogP contribution in [0.4, 0.5) is 0 Å². The van der Waals surface area contributed by atoms with Gasteiger partial charge in [0.25, 0.3) is 0 Å². The normalized spacial score (nSPS) is 9.89. The Morgan fingerprint density at radius 3 is 2.07 bits per heavy atom. The number of carbonyl (C=O) groups excluding carboxylic acids is 1. The monoisotopic (exact) mass is 375 g/mol. The number of allylic oxidation sites excluding steroid dienone is 3. The molecule has 0 radical (unpaired) electrons. The second-order valence-corrected chi connectivity index (χ2v) is 6.06. The van der Waals surface area contributed by atoms with Gasteiger partial charge in [-0.3, -0.25) is 0 Å². The van der Waals surface area contributed by atoms with Crippen LogP contribution in [0.15, 0.2) is 78.5 Å². The lowest BCUT2D eigenvalue weighted by atomic mass is 10.0. The molecule has 2 aromatic rings. The van der Waals surface area contributed by atoms with E-state index in [1.54, 1.807) is 0 Å². The molecule has 0 saturated carbocycles. The molecule has 2 rings (SSSR count). The van der Waals surface area contributed by atoms with Crippen LogP contribution in [0.1, 0.15) is 37.0 Å². The summed E-state index contributed by atoms with van der Waals surface area (Å²) in [5, 5.41) is 0. The van der Waals surface area contributed by atoms with E-state index in [0.717, 1.165) is 24.0 Å². The molecule has 28 heavy (non-hydrogen) atoms. The van der Waals surface area contributed by atoms with Gasteiger partial charge in [0.05, 0.1) is 0 Å². The maximum Gasteiger partial charge on any atom is 0.106 e. The third-order valence-electron chi connectivity index (χ3n) is 3.94. The minimum atomic E-state index is 0.945. The van der Waals surface area contributed by atoms with E-state index in [9.17, 15) is 0 Å². The molecule has 148 valence electrons. The molecule has 2 nitrogen and oxygen atoms in total. The first-order chi connectivity index (χ1) is 13.6. The van der Waals surface area contributed by atoms with E-state index in [2.05, 4.69) is 98.9 Å². The minimum Gasteiger partial charge on any atom is -0.380 e. The zero-order valence-corrected chi connectivity index (χ0v) is 18.0. The van der Waals surface area contributed by atoms with Crippen LogP contribution in [0.25, 0.3) is 0 Å². The summed E-state index contributed by atoms with van der Waals surface area (Å²) < 4.78 is 0. The molecular weight excluding hydrogens is 342 g/mol. The van der Waals surface area contributed by atoms with Crippen molar-refractivity contribution in [2.75, 3.05) is 14.1 Å². The van der Waals surface area contributed by atoms with E-state index < -0.39 is 0 Å². The summed E-state index contributed by atoms with van der Waals surface area (Å²) in [4.78, 5) is 10.1. The molecule has 0 saturated heterocycles. The average molecular weight is 376 g/mol. The minimum absolute atomic E-state index is 0.945. The number of hydrogen-bond donors (Lipinski definition) is 0. The third-order valence-corrected chi connectivity index (χ3v) is 3.94. The molecule has 0 aliphatic heterocycles. The van der Waals surface area contributed by atoms with E-state index in [-0.39, 0.29) is 0 Å². The highest BCUT2D eigenvalue weighted by molar-refractivity contribution is 5.47. The molecule has 0 aromatic heterocycles. The second-order valence-electron chi connectivity index (χ2n) is 6.06. The molecule has 0 aliphatic rings. The SMILES string of the molecule is C=C/C(C#Cc1ccc(C)cc1)=C(/CCc1ccccc1)N(C)C.C=O.CC. The van der Waals surface area contributed by atoms with Gasteiger partial charge in [0, 0.05) is 30.9 Å². The molecule has 2 aromatic carbocycles. The van der Waals surface area contributed by atoms with E-state index >= 15 is 0 Å². The van der Waals surface area contributed by atoms with Crippen molar-refractivity contribution in [1.82, 2.24) is 4.90 Å². The smallest absolute Gasteiger partial charge is 0.106 e. The zero-order chi connectivity index (χ0) is 21.4. The first-order valence-electron chi connectivity index (χ1n) is 9.54. The average Bonchev–Trinajstić information content (AvgIpc) is 2.75. The van der Waals surface area contributed by atoms with Gasteiger partial charge in [-0.2, -0.15) is 0 Å². The number of rotatable bonds is 5. The molecule has 0 bridgehead atoms. The van der Waals surface area contributed by atoms with E-state index in [1.807, 2.05) is 26.7 Å². The largest absolute Gasteiger partial charge is 0.380 e. The van der Waals surface area contributed by atoms with Crippen molar-refractivity contribution in [3.8, 4) is 11.8 Å². The van der Waals surface area contributed by atoms with Gasteiger partial charge in [-0.05, 0) is 37.5 Å². The quantitative estimate of drug-likeness (QED) is 0.484. The number of aryl methyl sites for hydroxylation is 2. The molecule has 0 atom stereocenters. The van der Waals surface area contributed by atoms with Crippen molar-refractivity contribution in [3.05, 3.63) is 95.2 Å².